The molecule has 0 N–H and O–H groups in total. The zero-order chi connectivity index (χ0) is 23.1. The van der Waals surface area contributed by atoms with E-state index in [1.807, 2.05) is 0 Å². The molecule has 0 rings (SSSR count). The van der Waals surface area contributed by atoms with Gasteiger partial charge in [0.15, 0.2) is 11.4 Å². The third-order valence-electron chi connectivity index (χ3n) is 2.69. The minimum absolute atomic E-state index is 0.115. The van der Waals surface area contributed by atoms with Crippen LogP contribution < -0.4 is 0 Å². The summed E-state index contributed by atoms with van der Waals surface area (Å²) in [5.74, 6) is 0. The first-order valence-corrected chi connectivity index (χ1v) is 15.2. The molecule has 3 atom stereocenters. The van der Waals surface area contributed by atoms with Crippen molar-refractivity contribution >= 4 is 160 Å². The summed E-state index contributed by atoms with van der Waals surface area (Å²) < 4.78 is 24.9. The average Bonchev–Trinajstić information content (AvgIpc) is 2.46. The molecule has 0 aliphatic heterocycles. The highest BCUT2D eigenvalue weighted by atomic mass is 79.9. The van der Waals surface area contributed by atoms with Crippen molar-refractivity contribution in [2.24, 2.45) is 0 Å². The smallest absolute Gasteiger partial charge is 0.272 e. The molecule has 17 heteroatoms. The molecule has 0 amide bonds. The Labute approximate surface area is 240 Å². The highest BCUT2D eigenvalue weighted by Gasteiger charge is 2.37. The molecule has 0 aromatic rings. The Morgan fingerprint density at radius 3 is 0.966 bits per heavy atom. The highest BCUT2D eigenvalue weighted by molar-refractivity contribution is 9.10. The van der Waals surface area contributed by atoms with Gasteiger partial charge in [0.05, 0.1) is 0 Å². The van der Waals surface area contributed by atoms with Crippen LogP contribution in [-0.2, 0) is 18.1 Å². The molecule has 29 heavy (non-hydrogen) atoms. The fraction of sp³-hybridized carbons (Fsp3) is 1.00. The molecule has 4 nitrogen and oxygen atoms in total. The summed E-state index contributed by atoms with van der Waals surface area (Å²) in [6, 6.07) is 0. The fourth-order valence-electron chi connectivity index (χ4n) is 1.48. The van der Waals surface area contributed by atoms with Crippen molar-refractivity contribution in [1.82, 2.24) is 0 Å². The maximum atomic E-state index is 13.2. The molecule has 0 saturated heterocycles. The second kappa shape index (κ2) is 14.7. The Hall–Kier alpha value is 4.16. The summed E-state index contributed by atoms with van der Waals surface area (Å²) in [6.07, 6.45) is 0.914. The number of phosphoric acid groups is 1. The van der Waals surface area contributed by atoms with Gasteiger partial charge in [-0.1, -0.05) is 152 Å². The number of phosphoric ester groups is 1. The topological polar surface area (TPSA) is 44.8 Å². The van der Waals surface area contributed by atoms with Crippen molar-refractivity contribution < 1.29 is 18.1 Å². The van der Waals surface area contributed by atoms with Crippen LogP contribution in [0.5, 0.6) is 0 Å². The van der Waals surface area contributed by atoms with Gasteiger partial charge in [-0.05, 0) is 38.5 Å². The standard InChI is InChI=1S/C12H15Br3Cl9O4P/c13-7(1-4-10(16,17)18)26-29(25,27-8(14)2-5-11(19,20)21)28-9(15)3-6-12(22,23)24/h7-9H,1-6H2. The van der Waals surface area contributed by atoms with E-state index in [1.54, 1.807) is 0 Å². The summed E-state index contributed by atoms with van der Waals surface area (Å²) >= 11 is 61.1. The lowest BCUT2D eigenvalue weighted by atomic mass is 10.3. The van der Waals surface area contributed by atoms with Crippen molar-refractivity contribution in [3.8, 4) is 0 Å². The van der Waals surface area contributed by atoms with Gasteiger partial charge in [-0.2, -0.15) is 0 Å². The second-order valence-corrected chi connectivity index (χ2v) is 17.6. The van der Waals surface area contributed by atoms with Gasteiger partial charge < -0.3 is 0 Å². The van der Waals surface area contributed by atoms with E-state index in [4.69, 9.17) is 118 Å². The van der Waals surface area contributed by atoms with Crippen LogP contribution in [0, 0.1) is 0 Å². The van der Waals surface area contributed by atoms with Crippen LogP contribution in [0.1, 0.15) is 38.5 Å². The van der Waals surface area contributed by atoms with E-state index in [9.17, 15) is 4.57 Å². The van der Waals surface area contributed by atoms with E-state index in [1.165, 1.54) is 0 Å². The Bertz CT molecular complexity index is 459. The Morgan fingerprint density at radius 2 is 0.793 bits per heavy atom. The molecule has 0 saturated carbocycles. The summed E-state index contributed by atoms with van der Waals surface area (Å²) in [6.45, 7) is 0. The average molecular weight is 813 g/mol. The summed E-state index contributed by atoms with van der Waals surface area (Å²) in [7, 11) is -4.16. The molecular weight excluding hydrogens is 798 g/mol. The van der Waals surface area contributed by atoms with E-state index >= 15 is 0 Å². The summed E-state index contributed by atoms with van der Waals surface area (Å²) in [5, 5.41) is -2.45. The predicted molar refractivity (Wildman–Crippen MR) is 138 cm³/mol. The lowest BCUT2D eigenvalue weighted by Gasteiger charge is -2.26. The van der Waals surface area contributed by atoms with Crippen LogP contribution in [-0.4, -0.2) is 26.4 Å². The monoisotopic (exact) mass is 806 g/mol. The number of hydrogen-bond acceptors (Lipinski definition) is 4. The molecule has 176 valence electrons. The van der Waals surface area contributed by atoms with Gasteiger partial charge in [0.25, 0.3) is 0 Å². The van der Waals surface area contributed by atoms with E-state index < -0.39 is 34.2 Å². The molecule has 0 aromatic heterocycles. The largest absolute Gasteiger partial charge is 0.478 e. The Kier molecular flexibility index (Phi) is 16.8. The number of rotatable bonds is 12. The number of hydrogen-bond donors (Lipinski definition) is 0. The molecule has 0 aliphatic carbocycles. The van der Waals surface area contributed by atoms with Crippen LogP contribution in [0.15, 0.2) is 0 Å². The quantitative estimate of drug-likeness (QED) is 0.145. The van der Waals surface area contributed by atoms with Gasteiger partial charge >= 0.3 is 7.82 Å². The third-order valence-corrected chi connectivity index (χ3v) is 8.73. The molecule has 0 aliphatic rings. The second-order valence-electron chi connectivity index (χ2n) is 5.46. The third kappa shape index (κ3) is 21.2. The zero-order valence-electron chi connectivity index (χ0n) is 14.1. The van der Waals surface area contributed by atoms with Gasteiger partial charge in [-0.15, -0.1) is 0 Å². The minimum Gasteiger partial charge on any atom is -0.272 e. The van der Waals surface area contributed by atoms with Crippen molar-refractivity contribution in [1.29, 1.82) is 0 Å². The number of halogens is 12. The summed E-state index contributed by atoms with van der Waals surface area (Å²) in [4.78, 5) is 0. The van der Waals surface area contributed by atoms with Crippen molar-refractivity contribution in [2.45, 2.75) is 64.9 Å². The van der Waals surface area contributed by atoms with Gasteiger partial charge in [0, 0.05) is 0 Å². The van der Waals surface area contributed by atoms with E-state index in [0.29, 0.717) is 0 Å². The van der Waals surface area contributed by atoms with Crippen LogP contribution in [0.3, 0.4) is 0 Å². The Morgan fingerprint density at radius 1 is 0.586 bits per heavy atom. The van der Waals surface area contributed by atoms with Crippen LogP contribution in [0.25, 0.3) is 0 Å². The predicted octanol–water partition coefficient (Wildman–Crippen LogP) is 10.8. The number of alkyl halides is 12. The molecule has 0 spiro atoms. The molecule has 0 radical (unpaired) electrons. The normalized spacial score (nSPS) is 18.9. The molecule has 0 bridgehead atoms. The first kappa shape index (κ1) is 33.2. The fourth-order valence-corrected chi connectivity index (χ4v) is 6.30. The molecule has 0 fully saturated rings. The van der Waals surface area contributed by atoms with Crippen LogP contribution in [0.2, 0.25) is 0 Å². The van der Waals surface area contributed by atoms with Gasteiger partial charge in [0.1, 0.15) is 15.0 Å². The lowest BCUT2D eigenvalue weighted by Crippen LogP contribution is -2.17. The molecule has 3 unspecified atom stereocenters. The van der Waals surface area contributed by atoms with Crippen molar-refractivity contribution in [2.75, 3.05) is 0 Å². The minimum atomic E-state index is -4.16. The van der Waals surface area contributed by atoms with Crippen molar-refractivity contribution in [3.63, 3.8) is 0 Å². The van der Waals surface area contributed by atoms with Crippen LogP contribution in [0.4, 0.5) is 0 Å². The lowest BCUT2D eigenvalue weighted by molar-refractivity contribution is 0.0882. The SMILES string of the molecule is O=P(OC(Br)CCC(Cl)(Cl)Cl)(OC(Br)CCC(Cl)(Cl)Cl)OC(Br)CCC(Cl)(Cl)Cl. The first-order valence-electron chi connectivity index (χ1n) is 7.58. The van der Waals surface area contributed by atoms with E-state index in [2.05, 4.69) is 47.8 Å². The van der Waals surface area contributed by atoms with Gasteiger partial charge in [-0.25, -0.2) is 4.57 Å². The molecular formula is C12H15Br3Cl9O4P. The highest BCUT2D eigenvalue weighted by Crippen LogP contribution is 2.56. The van der Waals surface area contributed by atoms with Crippen molar-refractivity contribution in [3.05, 3.63) is 0 Å². The molecule has 0 heterocycles. The first-order chi connectivity index (χ1) is 12.8. The van der Waals surface area contributed by atoms with Gasteiger partial charge in [-0.3, -0.25) is 13.6 Å². The van der Waals surface area contributed by atoms with Crippen LogP contribution >= 0.6 is 160 Å². The maximum Gasteiger partial charge on any atom is 0.478 e. The zero-order valence-corrected chi connectivity index (χ0v) is 26.5. The maximum absolute atomic E-state index is 13.2. The summed E-state index contributed by atoms with van der Waals surface area (Å²) in [5.41, 5.74) is 0. The van der Waals surface area contributed by atoms with E-state index in [0.717, 1.165) is 0 Å². The van der Waals surface area contributed by atoms with E-state index in [-0.39, 0.29) is 38.5 Å². The van der Waals surface area contributed by atoms with Gasteiger partial charge in [0.2, 0.25) is 0 Å². The Balaban J connectivity index is 5.07. The molecule has 0 aromatic carbocycles.